The Morgan fingerprint density at radius 1 is 1.29 bits per heavy atom. The van der Waals surface area contributed by atoms with Gasteiger partial charge in [-0.1, -0.05) is 15.9 Å². The van der Waals surface area contributed by atoms with Gasteiger partial charge in [-0.05, 0) is 42.8 Å². The van der Waals surface area contributed by atoms with E-state index in [9.17, 15) is 19.3 Å². The summed E-state index contributed by atoms with van der Waals surface area (Å²) in [6.07, 6.45) is 0. The first kappa shape index (κ1) is 15.1. The van der Waals surface area contributed by atoms with E-state index in [0.717, 1.165) is 22.2 Å². The molecule has 108 valence electrons. The fraction of sp³-hybridized carbons (Fsp3) is 0.0714. The molecule has 0 aliphatic rings. The minimum Gasteiger partial charge on any atom is -0.322 e. The van der Waals surface area contributed by atoms with Crippen LogP contribution in [-0.2, 0) is 0 Å². The van der Waals surface area contributed by atoms with Gasteiger partial charge in [0.1, 0.15) is 0 Å². The Morgan fingerprint density at radius 3 is 2.57 bits per heavy atom. The number of hydrogen-bond acceptors (Lipinski definition) is 3. The second-order valence-electron chi connectivity index (χ2n) is 4.34. The molecule has 0 spiro atoms. The molecule has 0 bridgehead atoms. The average molecular weight is 353 g/mol. The summed E-state index contributed by atoms with van der Waals surface area (Å²) >= 11 is 3.31. The van der Waals surface area contributed by atoms with Crippen molar-refractivity contribution in [1.29, 1.82) is 0 Å². The number of carbonyl (C=O) groups excluding carboxylic acids is 1. The normalized spacial score (nSPS) is 10.2. The van der Waals surface area contributed by atoms with E-state index in [2.05, 4.69) is 21.2 Å². The predicted octanol–water partition coefficient (Wildman–Crippen LogP) is 4.06. The van der Waals surface area contributed by atoms with E-state index < -0.39 is 22.3 Å². The molecule has 0 saturated carbocycles. The number of nitro benzene ring substituents is 1. The molecule has 5 nitrogen and oxygen atoms in total. The highest BCUT2D eigenvalue weighted by Gasteiger charge is 2.17. The Morgan fingerprint density at radius 2 is 2.00 bits per heavy atom. The zero-order valence-corrected chi connectivity index (χ0v) is 12.5. The summed E-state index contributed by atoms with van der Waals surface area (Å²) in [6.45, 7) is 1.82. The number of aryl methyl sites for hydroxylation is 1. The Balaban J connectivity index is 2.24. The number of hydrogen-bond donors (Lipinski definition) is 1. The molecule has 7 heteroatoms. The molecular weight excluding hydrogens is 343 g/mol. The van der Waals surface area contributed by atoms with Crippen LogP contribution in [0.3, 0.4) is 0 Å². The molecule has 0 atom stereocenters. The molecule has 0 radical (unpaired) electrons. The molecule has 1 amide bonds. The molecule has 2 aromatic rings. The van der Waals surface area contributed by atoms with Gasteiger partial charge in [0.25, 0.3) is 5.91 Å². The fourth-order valence-electron chi connectivity index (χ4n) is 1.76. The third-order valence-corrected chi connectivity index (χ3v) is 3.34. The van der Waals surface area contributed by atoms with Crippen molar-refractivity contribution in [2.75, 3.05) is 5.32 Å². The summed E-state index contributed by atoms with van der Waals surface area (Å²) < 4.78 is 14.4. The van der Waals surface area contributed by atoms with Crippen LogP contribution in [0.1, 0.15) is 15.9 Å². The lowest BCUT2D eigenvalue weighted by Gasteiger charge is -2.09. The van der Waals surface area contributed by atoms with Crippen LogP contribution in [0.4, 0.5) is 15.8 Å². The largest absolute Gasteiger partial charge is 0.322 e. The molecule has 2 rings (SSSR count). The van der Waals surface area contributed by atoms with Gasteiger partial charge in [0.05, 0.1) is 4.92 Å². The van der Waals surface area contributed by atoms with Crippen molar-refractivity contribution in [3.63, 3.8) is 0 Å². The van der Waals surface area contributed by atoms with Gasteiger partial charge >= 0.3 is 5.69 Å². The molecule has 0 unspecified atom stereocenters. The molecule has 21 heavy (non-hydrogen) atoms. The number of nitro groups is 1. The number of halogens is 2. The van der Waals surface area contributed by atoms with Gasteiger partial charge in [0.15, 0.2) is 0 Å². The minimum atomic E-state index is -1.04. The van der Waals surface area contributed by atoms with Crippen LogP contribution in [0.2, 0.25) is 0 Å². The number of rotatable bonds is 3. The van der Waals surface area contributed by atoms with Gasteiger partial charge in [-0.3, -0.25) is 14.9 Å². The number of nitrogens with zero attached hydrogens (tertiary/aromatic N) is 1. The maximum Gasteiger partial charge on any atom is 0.304 e. The highest BCUT2D eigenvalue weighted by atomic mass is 79.9. The van der Waals surface area contributed by atoms with Gasteiger partial charge in [-0.25, -0.2) is 0 Å². The van der Waals surface area contributed by atoms with Gasteiger partial charge in [0, 0.05) is 21.8 Å². The van der Waals surface area contributed by atoms with Crippen LogP contribution in [0.25, 0.3) is 0 Å². The quantitative estimate of drug-likeness (QED) is 0.668. The lowest BCUT2D eigenvalue weighted by Crippen LogP contribution is -2.13. The lowest BCUT2D eigenvalue weighted by atomic mass is 10.1. The summed E-state index contributed by atoms with van der Waals surface area (Å²) in [4.78, 5) is 21.7. The highest BCUT2D eigenvalue weighted by molar-refractivity contribution is 9.10. The van der Waals surface area contributed by atoms with Crippen LogP contribution >= 0.6 is 15.9 Å². The van der Waals surface area contributed by atoms with Crippen molar-refractivity contribution < 1.29 is 14.1 Å². The second kappa shape index (κ2) is 6.01. The molecule has 0 heterocycles. The first-order valence-corrected chi connectivity index (χ1v) is 6.69. The third-order valence-electron chi connectivity index (χ3n) is 2.84. The van der Waals surface area contributed by atoms with E-state index in [4.69, 9.17) is 0 Å². The molecule has 0 aromatic heterocycles. The molecule has 0 fully saturated rings. The van der Waals surface area contributed by atoms with Crippen molar-refractivity contribution >= 4 is 33.2 Å². The number of nitrogens with one attached hydrogen (secondary N) is 1. The highest BCUT2D eigenvalue weighted by Crippen LogP contribution is 2.22. The van der Waals surface area contributed by atoms with Crippen molar-refractivity contribution in [1.82, 2.24) is 0 Å². The Bertz CT molecular complexity index is 734. The van der Waals surface area contributed by atoms with Crippen molar-refractivity contribution in [3.05, 3.63) is 67.9 Å². The summed E-state index contributed by atoms with van der Waals surface area (Å²) in [5, 5.41) is 13.2. The molecule has 0 saturated heterocycles. The van der Waals surface area contributed by atoms with E-state index in [1.54, 1.807) is 12.1 Å². The summed E-state index contributed by atoms with van der Waals surface area (Å²) in [5.74, 6) is -1.57. The first-order chi connectivity index (χ1) is 9.88. The summed E-state index contributed by atoms with van der Waals surface area (Å²) in [5.41, 5.74) is 0.772. The van der Waals surface area contributed by atoms with Crippen LogP contribution < -0.4 is 5.32 Å². The van der Waals surface area contributed by atoms with Crippen LogP contribution in [0.15, 0.2) is 40.9 Å². The van der Waals surface area contributed by atoms with Crippen molar-refractivity contribution in [2.24, 2.45) is 0 Å². The van der Waals surface area contributed by atoms with E-state index in [1.165, 1.54) is 6.07 Å². The minimum absolute atomic E-state index is 0.0143. The molecule has 0 aliphatic carbocycles. The summed E-state index contributed by atoms with van der Waals surface area (Å²) in [7, 11) is 0. The van der Waals surface area contributed by atoms with Crippen molar-refractivity contribution in [2.45, 2.75) is 6.92 Å². The third kappa shape index (κ3) is 3.43. The number of carbonyl (C=O) groups is 1. The van der Waals surface area contributed by atoms with Gasteiger partial charge in [-0.15, -0.1) is 0 Å². The number of amides is 1. The zero-order chi connectivity index (χ0) is 15.6. The predicted molar refractivity (Wildman–Crippen MR) is 79.9 cm³/mol. The van der Waals surface area contributed by atoms with E-state index in [1.807, 2.05) is 13.0 Å². The van der Waals surface area contributed by atoms with Crippen LogP contribution in [0.5, 0.6) is 0 Å². The topological polar surface area (TPSA) is 72.2 Å². The average Bonchev–Trinajstić information content (AvgIpc) is 2.41. The van der Waals surface area contributed by atoms with Gasteiger partial charge in [-0.2, -0.15) is 4.39 Å². The molecular formula is C14H10BrFN2O3. The molecule has 1 N–H and O–H groups in total. The lowest BCUT2D eigenvalue weighted by molar-refractivity contribution is -0.387. The monoisotopic (exact) mass is 352 g/mol. The smallest absolute Gasteiger partial charge is 0.304 e. The number of benzene rings is 2. The Hall–Kier alpha value is -2.28. The second-order valence-corrected chi connectivity index (χ2v) is 5.25. The molecule has 2 aromatic carbocycles. The SMILES string of the molecule is Cc1cc(Br)ccc1NC(=O)c1ccc([N+](=O)[O-])c(F)c1. The summed E-state index contributed by atoms with van der Waals surface area (Å²) in [6, 6.07) is 8.33. The number of anilines is 1. The van der Waals surface area contributed by atoms with Crippen LogP contribution in [-0.4, -0.2) is 10.8 Å². The van der Waals surface area contributed by atoms with Crippen molar-refractivity contribution in [3.8, 4) is 0 Å². The maximum absolute atomic E-state index is 13.5. The molecule has 0 aliphatic heterocycles. The first-order valence-electron chi connectivity index (χ1n) is 5.90. The fourth-order valence-corrected chi connectivity index (χ4v) is 2.23. The Kier molecular flexibility index (Phi) is 4.32. The van der Waals surface area contributed by atoms with E-state index in [0.29, 0.717) is 5.69 Å². The van der Waals surface area contributed by atoms with Gasteiger partial charge in [0.2, 0.25) is 5.82 Å². The van der Waals surface area contributed by atoms with Gasteiger partial charge < -0.3 is 5.32 Å². The van der Waals surface area contributed by atoms with Crippen LogP contribution in [0, 0.1) is 22.9 Å². The Labute approximate surface area is 128 Å². The van der Waals surface area contributed by atoms with E-state index >= 15 is 0 Å². The zero-order valence-electron chi connectivity index (χ0n) is 10.9. The standard InChI is InChI=1S/C14H10BrFN2O3/c1-8-6-10(15)3-4-12(8)17-14(19)9-2-5-13(18(20)21)11(16)7-9/h2-7H,1H3,(H,17,19). The maximum atomic E-state index is 13.5. The van der Waals surface area contributed by atoms with E-state index in [-0.39, 0.29) is 5.56 Å².